The molecular weight excluding hydrogens is 852 g/mol. The molecule has 0 heterocycles. The van der Waals surface area contributed by atoms with E-state index < -0.39 is 79.1 Å². The summed E-state index contributed by atoms with van der Waals surface area (Å²) in [5.74, 6) is -6.19. The molecule has 0 unspecified atom stereocenters. The van der Waals surface area contributed by atoms with Crippen molar-refractivity contribution in [1.29, 1.82) is 0 Å². The smallest absolute Gasteiger partial charge is 0.374 e. The van der Waals surface area contributed by atoms with E-state index in [4.69, 9.17) is 28.4 Å². The molecule has 0 aliphatic heterocycles. The van der Waals surface area contributed by atoms with E-state index >= 15 is 4.39 Å². The topological polar surface area (TPSA) is 175 Å². The molecule has 1 aliphatic carbocycles. The molecule has 13 nitrogen and oxygen atoms in total. The molecule has 0 atom stereocenters. The van der Waals surface area contributed by atoms with Crippen molar-refractivity contribution in [3.63, 3.8) is 0 Å². The third-order valence-electron chi connectivity index (χ3n) is 11.2. The van der Waals surface area contributed by atoms with Gasteiger partial charge in [-0.2, -0.15) is 0 Å². The molecule has 3 aromatic carbocycles. The van der Waals surface area contributed by atoms with Crippen molar-refractivity contribution in [3.05, 3.63) is 102 Å². The van der Waals surface area contributed by atoms with Gasteiger partial charge in [0.25, 0.3) is 0 Å². The van der Waals surface area contributed by atoms with E-state index in [9.17, 15) is 33.6 Å². The summed E-state index contributed by atoms with van der Waals surface area (Å²) in [5.41, 5.74) is 0.370. The van der Waals surface area contributed by atoms with Gasteiger partial charge >= 0.3 is 29.8 Å². The molecule has 1 fully saturated rings. The number of carbonyl (C=O) groups excluding carboxylic acids is 7. The predicted molar refractivity (Wildman–Crippen MR) is 244 cm³/mol. The predicted octanol–water partition coefficient (Wildman–Crippen LogP) is 9.73. The fourth-order valence-electron chi connectivity index (χ4n) is 7.21. The highest BCUT2D eigenvalue weighted by Gasteiger charge is 2.38. The molecule has 0 N–H and O–H groups in total. The first-order chi connectivity index (χ1) is 31.2. The summed E-state index contributed by atoms with van der Waals surface area (Å²) in [4.78, 5) is 86.4. The fourth-order valence-corrected chi connectivity index (χ4v) is 7.21. The maximum absolute atomic E-state index is 16.4. The highest BCUT2D eigenvalue weighted by Crippen LogP contribution is 2.44. The van der Waals surface area contributed by atoms with Gasteiger partial charge in [0.05, 0.1) is 0 Å². The maximum Gasteiger partial charge on any atom is 0.374 e. The maximum atomic E-state index is 16.4. The van der Waals surface area contributed by atoms with Gasteiger partial charge in [0.2, 0.25) is 11.6 Å². The third-order valence-corrected chi connectivity index (χ3v) is 11.2. The summed E-state index contributed by atoms with van der Waals surface area (Å²) in [6, 6.07) is 14.1. The van der Waals surface area contributed by atoms with Crippen molar-refractivity contribution in [2.75, 3.05) is 26.4 Å². The molecule has 0 aromatic heterocycles. The van der Waals surface area contributed by atoms with Crippen LogP contribution in [-0.4, -0.2) is 67.8 Å². The van der Waals surface area contributed by atoms with Gasteiger partial charge < -0.3 is 28.4 Å². The Morgan fingerprint density at radius 1 is 0.591 bits per heavy atom. The monoisotopic (exact) mass is 910 g/mol. The van der Waals surface area contributed by atoms with Crippen LogP contribution in [0.15, 0.2) is 91.1 Å². The summed E-state index contributed by atoms with van der Waals surface area (Å²) < 4.78 is 49.7. The lowest BCUT2D eigenvalue weighted by atomic mass is 9.77. The second kappa shape index (κ2) is 24.0. The second-order valence-corrected chi connectivity index (χ2v) is 17.1. The van der Waals surface area contributed by atoms with E-state index in [-0.39, 0.29) is 56.6 Å². The quantitative estimate of drug-likeness (QED) is 0.0220. The summed E-state index contributed by atoms with van der Waals surface area (Å²) in [6.07, 6.45) is 8.98. The van der Waals surface area contributed by atoms with Gasteiger partial charge in [-0.15, -0.1) is 0 Å². The average molecular weight is 911 g/mol. The number of Topliss-reactive ketones (excluding diaryl/α,β-unsaturated/α-hetero) is 2. The number of rotatable bonds is 23. The van der Waals surface area contributed by atoms with E-state index in [0.717, 1.165) is 45.1 Å². The Morgan fingerprint density at radius 2 is 1.09 bits per heavy atom. The van der Waals surface area contributed by atoms with Crippen LogP contribution in [0.2, 0.25) is 0 Å². The molecule has 3 aromatic rings. The van der Waals surface area contributed by atoms with Gasteiger partial charge in [-0.3, -0.25) is 9.59 Å². The van der Waals surface area contributed by atoms with Crippen molar-refractivity contribution in [2.45, 2.75) is 98.8 Å². The normalized spacial score (nSPS) is 14.5. The number of unbranched alkanes of at least 4 members (excludes halogenated alkanes) is 2. The van der Waals surface area contributed by atoms with Crippen LogP contribution in [0.5, 0.6) is 17.2 Å². The van der Waals surface area contributed by atoms with E-state index in [1.54, 1.807) is 18.2 Å². The highest BCUT2D eigenvalue weighted by molar-refractivity contribution is 6.32. The van der Waals surface area contributed by atoms with E-state index in [1.165, 1.54) is 76.8 Å². The van der Waals surface area contributed by atoms with Gasteiger partial charge in [-0.05, 0) is 99.7 Å². The Morgan fingerprint density at radius 3 is 1.58 bits per heavy atom. The molecule has 0 bridgehead atoms. The van der Waals surface area contributed by atoms with E-state index in [2.05, 4.69) is 26.7 Å². The molecule has 1 aliphatic rings. The number of ketones is 2. The average Bonchev–Trinajstić information content (AvgIpc) is 3.28. The molecule has 352 valence electrons. The molecule has 4 rings (SSSR count). The summed E-state index contributed by atoms with van der Waals surface area (Å²) in [5, 5.41) is 0. The molecule has 0 radical (unpaired) electrons. The van der Waals surface area contributed by atoms with Gasteiger partial charge in [-0.25, -0.2) is 28.4 Å². The standard InChI is InChI=1S/C52H59FO13/c1-10-11-12-13-36-14-16-37(17-15-36)39-20-23-41(44(53)24-39)43-26-45(65-48(57)32(4)5)42(25-46(43)66-49(58)33(6)7)38-18-21-40(22-19-38)61-27-52(28-62-47(56)31(2)3,29-63-50(59)34(8)54)30-64-51(60)35(9)55/h18-26,36-37H,2,4,6,10-17,27-30H2,1,3,5,7-9H3. The van der Waals surface area contributed by atoms with Crippen LogP contribution < -0.4 is 14.2 Å². The summed E-state index contributed by atoms with van der Waals surface area (Å²) in [6.45, 7) is 17.2. The Hall–Kier alpha value is -6.70. The number of hydrogen-bond acceptors (Lipinski definition) is 13. The number of benzene rings is 3. The fraction of sp³-hybridized carbons (Fsp3) is 0.404. The van der Waals surface area contributed by atoms with Crippen LogP contribution in [0.4, 0.5) is 4.39 Å². The Balaban J connectivity index is 1.73. The minimum atomic E-state index is -1.64. The molecule has 14 heteroatoms. The number of esters is 5. The molecular formula is C52H59FO13. The van der Waals surface area contributed by atoms with Gasteiger partial charge in [-0.1, -0.05) is 76.6 Å². The van der Waals surface area contributed by atoms with Gasteiger partial charge in [0, 0.05) is 47.3 Å². The molecule has 0 amide bonds. The van der Waals surface area contributed by atoms with Crippen LogP contribution in [-0.2, 0) is 47.8 Å². The lowest BCUT2D eigenvalue weighted by Crippen LogP contribution is -2.45. The van der Waals surface area contributed by atoms with Crippen LogP contribution in [0.3, 0.4) is 0 Å². The Labute approximate surface area is 385 Å². The minimum Gasteiger partial charge on any atom is -0.493 e. The molecule has 0 spiro atoms. The summed E-state index contributed by atoms with van der Waals surface area (Å²) >= 11 is 0. The van der Waals surface area contributed by atoms with Crippen LogP contribution >= 0.6 is 0 Å². The van der Waals surface area contributed by atoms with Gasteiger partial charge in [0.1, 0.15) is 54.9 Å². The summed E-state index contributed by atoms with van der Waals surface area (Å²) in [7, 11) is 0. The zero-order valence-corrected chi connectivity index (χ0v) is 38.6. The number of ether oxygens (including phenoxy) is 6. The molecule has 66 heavy (non-hydrogen) atoms. The van der Waals surface area contributed by atoms with Crippen LogP contribution in [0.25, 0.3) is 22.3 Å². The molecule has 0 saturated heterocycles. The lowest BCUT2D eigenvalue weighted by Gasteiger charge is -2.31. The number of carbonyl (C=O) groups is 7. The van der Waals surface area contributed by atoms with Crippen molar-refractivity contribution in [2.24, 2.45) is 11.3 Å². The lowest BCUT2D eigenvalue weighted by molar-refractivity contribution is -0.168. The van der Waals surface area contributed by atoms with Crippen molar-refractivity contribution >= 4 is 41.4 Å². The van der Waals surface area contributed by atoms with E-state index in [1.807, 2.05) is 6.07 Å². The van der Waals surface area contributed by atoms with E-state index in [0.29, 0.717) is 11.5 Å². The van der Waals surface area contributed by atoms with Crippen LogP contribution in [0.1, 0.15) is 104 Å². The van der Waals surface area contributed by atoms with Crippen molar-refractivity contribution in [1.82, 2.24) is 0 Å². The largest absolute Gasteiger partial charge is 0.493 e. The highest BCUT2D eigenvalue weighted by atomic mass is 19.1. The first-order valence-corrected chi connectivity index (χ1v) is 21.9. The third kappa shape index (κ3) is 14.7. The Kier molecular flexibility index (Phi) is 18.9. The first kappa shape index (κ1) is 51.9. The minimum absolute atomic E-state index is 0.00964. The Bertz CT molecular complexity index is 2280. The number of halogens is 1. The van der Waals surface area contributed by atoms with Crippen molar-refractivity contribution < 1.29 is 66.4 Å². The zero-order valence-electron chi connectivity index (χ0n) is 38.6. The SMILES string of the molecule is C=C(C)C(=O)OCC(COC(=O)C(C)=O)(COC(=O)C(C)=O)COc1ccc(-c2cc(OC(=O)C(=C)C)c(-c3ccc(C4CCC(CCCCC)CC4)cc3F)cc2OC(=O)C(=C)C)cc1. The molecule has 1 saturated carbocycles. The second-order valence-electron chi connectivity index (χ2n) is 17.1. The zero-order chi connectivity index (χ0) is 48.7. The van der Waals surface area contributed by atoms with Crippen LogP contribution in [0, 0.1) is 17.2 Å². The van der Waals surface area contributed by atoms with Gasteiger partial charge in [0.15, 0.2) is 0 Å². The number of hydrogen-bond donors (Lipinski definition) is 0. The van der Waals surface area contributed by atoms with Crippen molar-refractivity contribution in [3.8, 4) is 39.5 Å². The first-order valence-electron chi connectivity index (χ1n) is 21.9.